The van der Waals surface area contributed by atoms with E-state index in [1.54, 1.807) is 23.1 Å². The number of halogens is 1. The van der Waals surface area contributed by atoms with Crippen LogP contribution >= 0.6 is 23.4 Å². The van der Waals surface area contributed by atoms with Crippen molar-refractivity contribution < 1.29 is 22.7 Å². The van der Waals surface area contributed by atoms with Crippen LogP contribution in [-0.4, -0.2) is 56.0 Å². The van der Waals surface area contributed by atoms with E-state index in [4.69, 9.17) is 21.1 Å². The molecule has 10 heteroatoms. The molecule has 2 fully saturated rings. The summed E-state index contributed by atoms with van der Waals surface area (Å²) >= 11 is 7.58. The number of amidine groups is 1. The molecule has 0 radical (unpaired) electrons. The number of nitrogens with zero attached hydrogens (tertiary/aromatic N) is 2. The first-order chi connectivity index (χ1) is 14.8. The van der Waals surface area contributed by atoms with E-state index in [0.717, 1.165) is 5.56 Å². The zero-order valence-electron chi connectivity index (χ0n) is 16.9. The molecule has 2 saturated heterocycles. The maximum Gasteiger partial charge on any atom is 0.274 e. The number of rotatable bonds is 5. The van der Waals surface area contributed by atoms with E-state index in [1.807, 2.05) is 31.2 Å². The van der Waals surface area contributed by atoms with Crippen LogP contribution in [-0.2, 0) is 19.4 Å². The highest BCUT2D eigenvalue weighted by atomic mass is 35.5. The zero-order chi connectivity index (χ0) is 22.2. The molecule has 1 amide bonds. The normalized spacial score (nSPS) is 23.2. The largest absolute Gasteiger partial charge is 0.455 e. The minimum atomic E-state index is -3.20. The Kier molecular flexibility index (Phi) is 6.30. The molecule has 0 aliphatic carbocycles. The van der Waals surface area contributed by atoms with Crippen molar-refractivity contribution in [3.63, 3.8) is 0 Å². The number of carbonyl (C=O) groups excluding carboxylic acids is 1. The summed E-state index contributed by atoms with van der Waals surface area (Å²) in [5.41, 5.74) is 1.61. The Labute approximate surface area is 190 Å². The average molecular weight is 481 g/mol. The van der Waals surface area contributed by atoms with Crippen LogP contribution in [0.25, 0.3) is 0 Å². The second-order valence-electron chi connectivity index (χ2n) is 7.42. The quantitative estimate of drug-likeness (QED) is 0.645. The first-order valence-corrected chi connectivity index (χ1v) is 12.6. The predicted molar refractivity (Wildman–Crippen MR) is 123 cm³/mol. The number of carbonyl (C=O) groups is 1. The molecule has 0 spiro atoms. The van der Waals surface area contributed by atoms with Gasteiger partial charge in [0.2, 0.25) is 0 Å². The lowest BCUT2D eigenvalue weighted by Crippen LogP contribution is -2.38. The minimum Gasteiger partial charge on any atom is -0.455 e. The van der Waals surface area contributed by atoms with Crippen molar-refractivity contribution in [1.29, 1.82) is 0 Å². The molecule has 0 saturated carbocycles. The number of aliphatic imine (C=N–C) groups is 1. The van der Waals surface area contributed by atoms with E-state index in [-0.39, 0.29) is 29.4 Å². The number of hydrogen-bond acceptors (Lipinski definition) is 6. The van der Waals surface area contributed by atoms with E-state index in [2.05, 4.69) is 4.99 Å². The SMILES string of the molecule is COCC(=O)N=C1S[C@@H]2CS(=O)(=O)C[C@@H]2N1c1cc(Cl)ccc1Oc1cccc(C)c1. The molecule has 2 heterocycles. The standard InChI is InChI=1S/C21H21ClN2O5S2/c1-13-4-3-5-15(8-13)29-18-7-6-14(22)9-16(18)24-17-11-31(26,27)12-19(17)30-21(24)23-20(25)10-28-2/h3-9,17,19H,10-12H2,1-2H3/t17-,19+/m0/s1. The van der Waals surface area contributed by atoms with E-state index in [1.165, 1.54) is 18.9 Å². The zero-order valence-corrected chi connectivity index (χ0v) is 19.3. The predicted octanol–water partition coefficient (Wildman–Crippen LogP) is 3.69. The fraction of sp³-hybridized carbons (Fsp3) is 0.333. The Morgan fingerprint density at radius 1 is 1.26 bits per heavy atom. The highest BCUT2D eigenvalue weighted by Crippen LogP contribution is 2.45. The van der Waals surface area contributed by atoms with Gasteiger partial charge in [0.1, 0.15) is 12.4 Å². The van der Waals surface area contributed by atoms with Gasteiger partial charge >= 0.3 is 0 Å². The van der Waals surface area contributed by atoms with Gasteiger partial charge in [-0.3, -0.25) is 4.79 Å². The maximum absolute atomic E-state index is 12.3. The molecule has 0 unspecified atom stereocenters. The highest BCUT2D eigenvalue weighted by molar-refractivity contribution is 8.16. The summed E-state index contributed by atoms with van der Waals surface area (Å²) in [4.78, 5) is 18.1. The smallest absolute Gasteiger partial charge is 0.274 e. The lowest BCUT2D eigenvalue weighted by atomic mass is 10.2. The van der Waals surface area contributed by atoms with Crippen molar-refractivity contribution in [2.75, 3.05) is 30.1 Å². The molecule has 0 aromatic heterocycles. The number of methoxy groups -OCH3 is 1. The number of benzene rings is 2. The first kappa shape index (κ1) is 22.1. The second-order valence-corrected chi connectivity index (χ2v) is 11.2. The third-order valence-corrected chi connectivity index (χ3v) is 8.40. The number of anilines is 1. The Hall–Kier alpha value is -2.07. The molecule has 2 aromatic carbocycles. The van der Waals surface area contributed by atoms with Gasteiger partial charge in [-0.1, -0.05) is 35.5 Å². The van der Waals surface area contributed by atoms with Gasteiger partial charge in [0.15, 0.2) is 20.8 Å². The molecular formula is C21H21ClN2O5S2. The van der Waals surface area contributed by atoms with Crippen molar-refractivity contribution in [2.24, 2.45) is 4.99 Å². The molecule has 2 aromatic rings. The number of sulfone groups is 1. The summed E-state index contributed by atoms with van der Waals surface area (Å²) in [5, 5.41) is 0.650. The van der Waals surface area contributed by atoms with E-state index in [0.29, 0.717) is 27.4 Å². The van der Waals surface area contributed by atoms with Gasteiger partial charge in [-0.15, -0.1) is 0 Å². The topological polar surface area (TPSA) is 85.3 Å². The third kappa shape index (κ3) is 4.90. The van der Waals surface area contributed by atoms with Gasteiger partial charge in [0.05, 0.1) is 23.2 Å². The van der Waals surface area contributed by atoms with Gasteiger partial charge in [-0.25, -0.2) is 8.42 Å². The van der Waals surface area contributed by atoms with Crippen LogP contribution in [0.2, 0.25) is 5.02 Å². The summed E-state index contributed by atoms with van der Waals surface area (Å²) in [7, 11) is -1.78. The third-order valence-electron chi connectivity index (χ3n) is 4.95. The van der Waals surface area contributed by atoms with E-state index in [9.17, 15) is 13.2 Å². The van der Waals surface area contributed by atoms with Crippen molar-refractivity contribution in [2.45, 2.75) is 18.2 Å². The average Bonchev–Trinajstić information content (AvgIpc) is 3.14. The fourth-order valence-corrected chi connectivity index (χ4v) is 7.77. The maximum atomic E-state index is 12.3. The lowest BCUT2D eigenvalue weighted by Gasteiger charge is -2.26. The van der Waals surface area contributed by atoms with Crippen molar-refractivity contribution in [3.8, 4) is 11.5 Å². The fourth-order valence-electron chi connectivity index (χ4n) is 3.68. The van der Waals surface area contributed by atoms with Crippen LogP contribution in [0.1, 0.15) is 5.56 Å². The summed E-state index contributed by atoms with van der Waals surface area (Å²) in [6.45, 7) is 1.81. The molecule has 2 aliphatic heterocycles. The van der Waals surface area contributed by atoms with E-state index < -0.39 is 15.7 Å². The number of thioether (sulfide) groups is 1. The van der Waals surface area contributed by atoms with Crippen molar-refractivity contribution in [1.82, 2.24) is 0 Å². The molecule has 2 atom stereocenters. The molecule has 4 rings (SSSR count). The van der Waals surface area contributed by atoms with Crippen LogP contribution in [0, 0.1) is 6.92 Å². The Balaban J connectivity index is 1.78. The number of aryl methyl sites for hydroxylation is 1. The van der Waals surface area contributed by atoms with Crippen LogP contribution in [0.15, 0.2) is 47.5 Å². The van der Waals surface area contributed by atoms with Crippen LogP contribution < -0.4 is 9.64 Å². The minimum absolute atomic E-state index is 0.0292. The number of hydrogen-bond donors (Lipinski definition) is 0. The lowest BCUT2D eigenvalue weighted by molar-refractivity contribution is -0.121. The Morgan fingerprint density at radius 2 is 2.06 bits per heavy atom. The molecule has 2 aliphatic rings. The molecule has 0 N–H and O–H groups in total. The summed E-state index contributed by atoms with van der Waals surface area (Å²) in [5.74, 6) is 0.692. The molecular weight excluding hydrogens is 460 g/mol. The van der Waals surface area contributed by atoms with Gasteiger partial charge in [0.25, 0.3) is 5.91 Å². The summed E-state index contributed by atoms with van der Waals surface area (Å²) in [6, 6.07) is 12.4. The van der Waals surface area contributed by atoms with Crippen LogP contribution in [0.4, 0.5) is 5.69 Å². The number of amides is 1. The van der Waals surface area contributed by atoms with Crippen LogP contribution in [0.5, 0.6) is 11.5 Å². The molecule has 0 bridgehead atoms. The van der Waals surface area contributed by atoms with Crippen molar-refractivity contribution in [3.05, 3.63) is 53.1 Å². The Bertz CT molecular complexity index is 1150. The van der Waals surface area contributed by atoms with Gasteiger partial charge < -0.3 is 14.4 Å². The molecule has 31 heavy (non-hydrogen) atoms. The van der Waals surface area contributed by atoms with Gasteiger partial charge in [-0.05, 0) is 42.8 Å². The molecule has 164 valence electrons. The molecule has 7 nitrogen and oxygen atoms in total. The number of fused-ring (bicyclic) bond motifs is 1. The summed E-state index contributed by atoms with van der Waals surface area (Å²) < 4.78 is 35.6. The monoisotopic (exact) mass is 480 g/mol. The first-order valence-electron chi connectivity index (χ1n) is 9.56. The summed E-state index contributed by atoms with van der Waals surface area (Å²) in [6.07, 6.45) is 0. The Morgan fingerprint density at radius 3 is 2.81 bits per heavy atom. The highest BCUT2D eigenvalue weighted by Gasteiger charge is 2.50. The van der Waals surface area contributed by atoms with E-state index >= 15 is 0 Å². The second kappa shape index (κ2) is 8.82. The van der Waals surface area contributed by atoms with Crippen molar-refractivity contribution >= 4 is 50.0 Å². The van der Waals surface area contributed by atoms with Gasteiger partial charge in [0, 0.05) is 17.4 Å². The van der Waals surface area contributed by atoms with Gasteiger partial charge in [-0.2, -0.15) is 4.99 Å². The van der Waals surface area contributed by atoms with Crippen LogP contribution in [0.3, 0.4) is 0 Å². The number of ether oxygens (including phenoxy) is 2.